The zero-order valence-electron chi connectivity index (χ0n) is 9.80. The number of nitrogens with two attached hydrogens (primary N) is 1. The van der Waals surface area contributed by atoms with Gasteiger partial charge >= 0.3 is 0 Å². The Morgan fingerprint density at radius 2 is 2.47 bits per heavy atom. The molecule has 1 rings (SSSR count). The molecule has 1 amide bonds. The van der Waals surface area contributed by atoms with Crippen LogP contribution in [0.2, 0.25) is 0 Å². The number of carbonyl (C=O) groups is 1. The van der Waals surface area contributed by atoms with Crippen molar-refractivity contribution in [1.29, 1.82) is 0 Å². The molecule has 17 heavy (non-hydrogen) atoms. The number of imidazole rings is 1. The number of nitrogens with zero attached hydrogens (tertiary/aromatic N) is 2. The number of rotatable bonds is 7. The summed E-state index contributed by atoms with van der Waals surface area (Å²) < 4.78 is 1.96. The lowest BCUT2D eigenvalue weighted by atomic mass is 10.0. The molecule has 3 N–H and O–H groups in total. The van der Waals surface area contributed by atoms with Crippen LogP contribution in [0.15, 0.2) is 18.7 Å². The summed E-state index contributed by atoms with van der Waals surface area (Å²) in [5.41, 5.74) is 5.10. The van der Waals surface area contributed by atoms with Crippen molar-refractivity contribution in [3.05, 3.63) is 25.1 Å². The summed E-state index contributed by atoms with van der Waals surface area (Å²) in [6, 6.07) is 0. The van der Waals surface area contributed by atoms with E-state index >= 15 is 0 Å². The van der Waals surface area contributed by atoms with Gasteiger partial charge in [-0.25, -0.2) is 4.98 Å². The highest BCUT2D eigenvalue weighted by Gasteiger charge is 2.09. The van der Waals surface area contributed by atoms with Gasteiger partial charge in [0.2, 0.25) is 5.91 Å². The molecule has 6 heteroatoms. The average molecular weight is 253 g/mol. The molecule has 0 saturated heterocycles. The van der Waals surface area contributed by atoms with Gasteiger partial charge in [0.25, 0.3) is 0 Å². The molecule has 0 aromatic carbocycles. The minimum atomic E-state index is -0.310. The van der Waals surface area contributed by atoms with Crippen LogP contribution >= 0.6 is 12.2 Å². The van der Waals surface area contributed by atoms with E-state index in [1.165, 1.54) is 0 Å². The standard InChI is InChI=1S/C11H17N4OS/c1-9(6-10(12)16)7-11(17)14-3-5-15-4-2-13-8-15/h2,4,7-9H,3,5-6H2,1H3,(H2,12,16)(H,14,17)/t9-/m1/s1. The monoisotopic (exact) mass is 253 g/mol. The van der Waals surface area contributed by atoms with E-state index in [1.807, 2.05) is 24.1 Å². The van der Waals surface area contributed by atoms with Crippen LogP contribution in [0, 0.1) is 12.3 Å². The van der Waals surface area contributed by atoms with Crippen molar-refractivity contribution in [2.75, 3.05) is 6.54 Å². The molecule has 5 nitrogen and oxygen atoms in total. The highest BCUT2D eigenvalue weighted by molar-refractivity contribution is 7.80. The number of carbonyl (C=O) groups excluding carboxylic acids is 1. The van der Waals surface area contributed by atoms with Gasteiger partial charge in [-0.3, -0.25) is 4.79 Å². The SMILES string of the molecule is C[C@@H]([CH]C(=S)NCCn1ccnc1)CC(N)=O. The number of thiocarbonyl (C=S) groups is 1. The molecule has 0 fully saturated rings. The van der Waals surface area contributed by atoms with Crippen molar-refractivity contribution >= 4 is 23.1 Å². The van der Waals surface area contributed by atoms with Crippen LogP contribution in [-0.2, 0) is 11.3 Å². The normalized spacial score (nSPS) is 12.1. The first-order chi connectivity index (χ1) is 8.08. The Morgan fingerprint density at radius 1 is 1.71 bits per heavy atom. The van der Waals surface area contributed by atoms with Crippen molar-refractivity contribution in [1.82, 2.24) is 14.9 Å². The molecule has 1 heterocycles. The molecular formula is C11H17N4OS. The Bertz CT molecular complexity index is 364. The van der Waals surface area contributed by atoms with Crippen molar-refractivity contribution in [3.8, 4) is 0 Å². The fourth-order valence-corrected chi connectivity index (χ4v) is 1.76. The van der Waals surface area contributed by atoms with Gasteiger partial charge in [-0.2, -0.15) is 0 Å². The maximum absolute atomic E-state index is 10.7. The lowest BCUT2D eigenvalue weighted by Crippen LogP contribution is -2.28. The Balaban J connectivity index is 2.14. The first-order valence-electron chi connectivity index (χ1n) is 5.44. The van der Waals surface area contributed by atoms with E-state index in [-0.39, 0.29) is 11.8 Å². The zero-order valence-corrected chi connectivity index (χ0v) is 10.6. The van der Waals surface area contributed by atoms with Gasteiger partial charge in [-0.05, 0) is 5.92 Å². The molecule has 0 aliphatic heterocycles. The summed E-state index contributed by atoms with van der Waals surface area (Å²) in [6.45, 7) is 3.45. The number of hydrogen-bond acceptors (Lipinski definition) is 3. The predicted octanol–water partition coefficient (Wildman–Crippen LogP) is 0.516. The Morgan fingerprint density at radius 3 is 3.06 bits per heavy atom. The van der Waals surface area contributed by atoms with Crippen molar-refractivity contribution in [2.24, 2.45) is 11.7 Å². The number of primary amides is 1. The molecule has 0 aliphatic carbocycles. The quantitative estimate of drug-likeness (QED) is 0.695. The van der Waals surface area contributed by atoms with E-state index in [2.05, 4.69) is 10.3 Å². The summed E-state index contributed by atoms with van der Waals surface area (Å²) in [6.07, 6.45) is 7.55. The van der Waals surface area contributed by atoms with Crippen molar-refractivity contribution in [2.45, 2.75) is 19.9 Å². The lowest BCUT2D eigenvalue weighted by molar-refractivity contribution is -0.118. The number of aromatic nitrogens is 2. The molecule has 0 unspecified atom stereocenters. The van der Waals surface area contributed by atoms with Crippen LogP contribution in [0.4, 0.5) is 0 Å². The molecule has 1 atom stereocenters. The van der Waals surface area contributed by atoms with Crippen LogP contribution in [0.1, 0.15) is 13.3 Å². The fourth-order valence-electron chi connectivity index (χ4n) is 1.42. The molecule has 1 aromatic heterocycles. The summed E-state index contributed by atoms with van der Waals surface area (Å²) in [5.74, 6) is -0.240. The Hall–Kier alpha value is -1.43. The highest BCUT2D eigenvalue weighted by atomic mass is 32.1. The maximum Gasteiger partial charge on any atom is 0.217 e. The third kappa shape index (κ3) is 6.01. The van der Waals surface area contributed by atoms with E-state index in [4.69, 9.17) is 18.0 Å². The first-order valence-corrected chi connectivity index (χ1v) is 5.85. The first kappa shape index (κ1) is 13.6. The average Bonchev–Trinajstić information content (AvgIpc) is 2.68. The van der Waals surface area contributed by atoms with E-state index < -0.39 is 0 Å². The topological polar surface area (TPSA) is 72.9 Å². The summed E-state index contributed by atoms with van der Waals surface area (Å²) in [7, 11) is 0. The van der Waals surface area contributed by atoms with Gasteiger partial charge in [0.1, 0.15) is 0 Å². The highest BCUT2D eigenvalue weighted by Crippen LogP contribution is 2.05. The summed E-state index contributed by atoms with van der Waals surface area (Å²) >= 11 is 5.13. The smallest absolute Gasteiger partial charge is 0.217 e. The van der Waals surface area contributed by atoms with Crippen LogP contribution in [0.25, 0.3) is 0 Å². The third-order valence-electron chi connectivity index (χ3n) is 2.19. The second kappa shape index (κ2) is 7.01. The van der Waals surface area contributed by atoms with Crippen LogP contribution in [-0.4, -0.2) is 27.0 Å². The number of amides is 1. The van der Waals surface area contributed by atoms with E-state index in [0.29, 0.717) is 11.4 Å². The molecular weight excluding hydrogens is 236 g/mol. The molecule has 0 saturated carbocycles. The third-order valence-corrected chi connectivity index (χ3v) is 2.47. The van der Waals surface area contributed by atoms with Crippen molar-refractivity contribution in [3.63, 3.8) is 0 Å². The van der Waals surface area contributed by atoms with Crippen LogP contribution in [0.3, 0.4) is 0 Å². The summed E-state index contributed by atoms with van der Waals surface area (Å²) in [4.78, 5) is 15.3. The van der Waals surface area contributed by atoms with Crippen LogP contribution < -0.4 is 11.1 Å². The maximum atomic E-state index is 10.7. The van der Waals surface area contributed by atoms with Gasteiger partial charge in [-0.1, -0.05) is 19.1 Å². The zero-order chi connectivity index (χ0) is 12.7. The Kier molecular flexibility index (Phi) is 5.62. The molecule has 0 bridgehead atoms. The van der Waals surface area contributed by atoms with Gasteiger partial charge in [0.15, 0.2) is 0 Å². The predicted molar refractivity (Wildman–Crippen MR) is 70.1 cm³/mol. The number of nitrogens with one attached hydrogen (secondary N) is 1. The lowest BCUT2D eigenvalue weighted by Gasteiger charge is -2.11. The Labute approximate surface area is 106 Å². The van der Waals surface area contributed by atoms with E-state index in [1.54, 1.807) is 12.5 Å². The molecule has 1 aromatic rings. The molecule has 93 valence electrons. The minimum Gasteiger partial charge on any atom is -0.378 e. The van der Waals surface area contributed by atoms with E-state index in [0.717, 1.165) is 13.1 Å². The summed E-state index contributed by atoms with van der Waals surface area (Å²) in [5, 5.41) is 3.10. The van der Waals surface area contributed by atoms with Gasteiger partial charge in [0.05, 0.1) is 11.3 Å². The fraction of sp³-hybridized carbons (Fsp3) is 0.455. The second-order valence-corrected chi connectivity index (χ2v) is 4.35. The van der Waals surface area contributed by atoms with Gasteiger partial charge in [0, 0.05) is 38.3 Å². The second-order valence-electron chi connectivity index (χ2n) is 3.91. The number of hydrogen-bond donors (Lipinski definition) is 2. The molecule has 0 aliphatic rings. The van der Waals surface area contributed by atoms with E-state index in [9.17, 15) is 4.79 Å². The van der Waals surface area contributed by atoms with Crippen LogP contribution in [0.5, 0.6) is 0 Å². The van der Waals surface area contributed by atoms with Gasteiger partial charge in [-0.15, -0.1) is 0 Å². The molecule has 0 spiro atoms. The minimum absolute atomic E-state index is 0.0701. The van der Waals surface area contributed by atoms with Gasteiger partial charge < -0.3 is 15.6 Å². The largest absolute Gasteiger partial charge is 0.378 e. The van der Waals surface area contributed by atoms with Crippen molar-refractivity contribution < 1.29 is 4.79 Å². The molecule has 1 radical (unpaired) electrons.